The van der Waals surface area contributed by atoms with E-state index in [1.54, 1.807) is 6.92 Å². The zero-order valence-electron chi connectivity index (χ0n) is 13.2. The summed E-state index contributed by atoms with van der Waals surface area (Å²) < 4.78 is 38.3. The molecule has 128 valence electrons. The van der Waals surface area contributed by atoms with Gasteiger partial charge < -0.3 is 10.4 Å². The van der Waals surface area contributed by atoms with Crippen LogP contribution in [0.15, 0.2) is 24.3 Å². The number of hydrogen-bond donors (Lipinski definition) is 2. The maximum absolute atomic E-state index is 12.8. The summed E-state index contributed by atoms with van der Waals surface area (Å²) in [7, 11) is 0. The van der Waals surface area contributed by atoms with Crippen molar-refractivity contribution in [3.63, 3.8) is 0 Å². The monoisotopic (exact) mass is 331 g/mol. The summed E-state index contributed by atoms with van der Waals surface area (Å²) in [5.41, 5.74) is -1.71. The topological polar surface area (TPSA) is 66.4 Å². The fourth-order valence-electron chi connectivity index (χ4n) is 2.01. The lowest BCUT2D eigenvalue weighted by Gasteiger charge is -2.22. The molecule has 0 saturated heterocycles. The van der Waals surface area contributed by atoms with Crippen LogP contribution in [0.5, 0.6) is 0 Å². The number of carbonyl (C=O) groups is 2. The second-order valence-corrected chi connectivity index (χ2v) is 5.99. The van der Waals surface area contributed by atoms with E-state index in [1.807, 2.05) is 0 Å². The van der Waals surface area contributed by atoms with Gasteiger partial charge in [0.1, 0.15) is 0 Å². The molecule has 1 aromatic rings. The van der Waals surface area contributed by atoms with Crippen LogP contribution in [0.25, 0.3) is 0 Å². The van der Waals surface area contributed by atoms with Crippen molar-refractivity contribution in [2.24, 2.45) is 5.41 Å². The van der Waals surface area contributed by atoms with Gasteiger partial charge in [-0.2, -0.15) is 13.2 Å². The first kappa shape index (κ1) is 19.0. The van der Waals surface area contributed by atoms with Gasteiger partial charge in [-0.3, -0.25) is 9.59 Å². The summed E-state index contributed by atoms with van der Waals surface area (Å²) in [6, 6.07) is 4.62. The van der Waals surface area contributed by atoms with Gasteiger partial charge in [0, 0.05) is 6.54 Å². The molecule has 0 aliphatic heterocycles. The Bertz CT molecular complexity index is 582. The lowest BCUT2D eigenvalue weighted by molar-refractivity contribution is -0.147. The largest absolute Gasteiger partial charge is 0.481 e. The number of nitrogens with one attached hydrogen (secondary N) is 1. The van der Waals surface area contributed by atoms with Gasteiger partial charge in [-0.05, 0) is 31.9 Å². The molecule has 0 heterocycles. The third-order valence-corrected chi connectivity index (χ3v) is 3.62. The Kier molecular flexibility index (Phi) is 5.80. The average Bonchev–Trinajstić information content (AvgIpc) is 2.45. The highest BCUT2D eigenvalue weighted by atomic mass is 19.4. The Morgan fingerprint density at radius 1 is 1.26 bits per heavy atom. The molecule has 0 fully saturated rings. The third kappa shape index (κ3) is 4.97. The summed E-state index contributed by atoms with van der Waals surface area (Å²) in [4.78, 5) is 23.2. The molecule has 0 aliphatic carbocycles. The zero-order valence-corrected chi connectivity index (χ0v) is 13.2. The van der Waals surface area contributed by atoms with E-state index in [9.17, 15) is 22.8 Å². The number of amides is 1. The van der Waals surface area contributed by atoms with Crippen LogP contribution in [0.1, 0.15) is 44.2 Å². The van der Waals surface area contributed by atoms with Crippen LogP contribution >= 0.6 is 0 Å². The summed E-state index contributed by atoms with van der Waals surface area (Å²) in [5.74, 6) is -2.31. The van der Waals surface area contributed by atoms with Crippen LogP contribution in [-0.2, 0) is 15.8 Å². The normalized spacial score (nSPS) is 13.5. The first-order chi connectivity index (χ1) is 10.5. The van der Waals surface area contributed by atoms with Gasteiger partial charge in [0.15, 0.2) is 0 Å². The van der Waals surface area contributed by atoms with Crippen LogP contribution in [0.2, 0.25) is 0 Å². The fourth-order valence-corrected chi connectivity index (χ4v) is 2.01. The van der Waals surface area contributed by atoms with E-state index < -0.39 is 34.9 Å². The molecule has 0 radical (unpaired) electrons. The SMILES string of the molecule is CCC(C(=O)NCC(C)(C)C(=O)O)c1cccc(C(F)(F)F)c1. The lowest BCUT2D eigenvalue weighted by atomic mass is 9.91. The number of alkyl halides is 3. The quantitative estimate of drug-likeness (QED) is 0.839. The molecule has 1 atom stereocenters. The first-order valence-electron chi connectivity index (χ1n) is 7.17. The molecule has 7 heteroatoms. The molecule has 1 aromatic carbocycles. The molecule has 23 heavy (non-hydrogen) atoms. The Morgan fingerprint density at radius 3 is 2.35 bits per heavy atom. The molecule has 0 aliphatic rings. The van der Waals surface area contributed by atoms with Gasteiger partial charge in [0.2, 0.25) is 5.91 Å². The Balaban J connectivity index is 2.92. The summed E-state index contributed by atoms with van der Waals surface area (Å²) in [6.45, 7) is 4.51. The van der Waals surface area contributed by atoms with E-state index in [-0.39, 0.29) is 12.1 Å². The second-order valence-electron chi connectivity index (χ2n) is 5.99. The predicted octanol–water partition coefficient (Wildman–Crippen LogP) is 3.43. The highest BCUT2D eigenvalue weighted by Crippen LogP contribution is 2.32. The Labute approximate surface area is 132 Å². The van der Waals surface area contributed by atoms with Crippen LogP contribution in [0.3, 0.4) is 0 Å². The smallest absolute Gasteiger partial charge is 0.416 e. The minimum absolute atomic E-state index is 0.101. The maximum Gasteiger partial charge on any atom is 0.416 e. The molecule has 0 saturated carbocycles. The number of carboxylic acids is 1. The second kappa shape index (κ2) is 7.02. The number of halogens is 3. The molecule has 1 unspecified atom stereocenters. The molecule has 1 amide bonds. The molecular formula is C16H20F3NO3. The average molecular weight is 331 g/mol. The Hall–Kier alpha value is -2.05. The molecule has 2 N–H and O–H groups in total. The lowest BCUT2D eigenvalue weighted by Crippen LogP contribution is -2.40. The van der Waals surface area contributed by atoms with Gasteiger partial charge in [-0.1, -0.05) is 25.1 Å². The number of carbonyl (C=O) groups excluding carboxylic acids is 1. The van der Waals surface area contributed by atoms with Crippen LogP contribution in [-0.4, -0.2) is 23.5 Å². The number of aliphatic carboxylic acids is 1. The molecule has 1 rings (SSSR count). The van der Waals surface area contributed by atoms with Gasteiger partial charge >= 0.3 is 12.1 Å². The van der Waals surface area contributed by atoms with Gasteiger partial charge in [-0.25, -0.2) is 0 Å². The van der Waals surface area contributed by atoms with Gasteiger partial charge in [-0.15, -0.1) is 0 Å². The number of rotatable bonds is 6. The summed E-state index contributed by atoms with van der Waals surface area (Å²) in [5, 5.41) is 11.5. The van der Waals surface area contributed by atoms with Crippen molar-refractivity contribution < 1.29 is 27.9 Å². The first-order valence-corrected chi connectivity index (χ1v) is 7.17. The van der Waals surface area contributed by atoms with Crippen molar-refractivity contribution in [3.05, 3.63) is 35.4 Å². The molecule has 0 aromatic heterocycles. The van der Waals surface area contributed by atoms with Crippen molar-refractivity contribution in [3.8, 4) is 0 Å². The van der Waals surface area contributed by atoms with Crippen molar-refractivity contribution in [2.75, 3.05) is 6.54 Å². The van der Waals surface area contributed by atoms with Crippen molar-refractivity contribution >= 4 is 11.9 Å². The Morgan fingerprint density at radius 2 is 1.87 bits per heavy atom. The zero-order chi connectivity index (χ0) is 17.8. The fraction of sp³-hybridized carbons (Fsp3) is 0.500. The highest BCUT2D eigenvalue weighted by Gasteiger charge is 2.32. The molecule has 0 bridgehead atoms. The minimum Gasteiger partial charge on any atom is -0.481 e. The standard InChI is InChI=1S/C16H20F3NO3/c1-4-12(13(21)20-9-15(2,3)14(22)23)10-6-5-7-11(8-10)16(17,18)19/h5-8,12H,4,9H2,1-3H3,(H,20,21)(H,22,23). The highest BCUT2D eigenvalue weighted by molar-refractivity contribution is 5.84. The van der Waals surface area contributed by atoms with Gasteiger partial charge in [0.25, 0.3) is 0 Å². The molecule has 0 spiro atoms. The third-order valence-electron chi connectivity index (χ3n) is 3.62. The van der Waals surface area contributed by atoms with Crippen LogP contribution in [0.4, 0.5) is 13.2 Å². The van der Waals surface area contributed by atoms with E-state index in [1.165, 1.54) is 26.0 Å². The molecule has 4 nitrogen and oxygen atoms in total. The maximum atomic E-state index is 12.8. The van der Waals surface area contributed by atoms with Crippen molar-refractivity contribution in [1.82, 2.24) is 5.32 Å². The van der Waals surface area contributed by atoms with Crippen molar-refractivity contribution in [1.29, 1.82) is 0 Å². The predicted molar refractivity (Wildman–Crippen MR) is 78.9 cm³/mol. The number of carboxylic acid groups (broad SMARTS) is 1. The van der Waals surface area contributed by atoms with E-state index in [0.717, 1.165) is 12.1 Å². The van der Waals surface area contributed by atoms with Crippen molar-refractivity contribution in [2.45, 2.75) is 39.3 Å². The van der Waals surface area contributed by atoms with Crippen LogP contribution in [0, 0.1) is 5.41 Å². The van der Waals surface area contributed by atoms with E-state index in [4.69, 9.17) is 5.11 Å². The summed E-state index contributed by atoms with van der Waals surface area (Å²) in [6.07, 6.45) is -4.17. The number of benzene rings is 1. The minimum atomic E-state index is -4.48. The van der Waals surface area contributed by atoms with Gasteiger partial charge in [0.05, 0.1) is 16.9 Å². The van der Waals surface area contributed by atoms with E-state index in [2.05, 4.69) is 5.32 Å². The molecular weight excluding hydrogens is 311 g/mol. The summed E-state index contributed by atoms with van der Waals surface area (Å²) >= 11 is 0. The number of hydrogen-bond acceptors (Lipinski definition) is 2. The van der Waals surface area contributed by atoms with Crippen LogP contribution < -0.4 is 5.32 Å². The van der Waals surface area contributed by atoms with E-state index in [0.29, 0.717) is 6.42 Å². The van der Waals surface area contributed by atoms with E-state index >= 15 is 0 Å².